The van der Waals surface area contributed by atoms with Crippen LogP contribution in [0.5, 0.6) is 0 Å². The van der Waals surface area contributed by atoms with Crippen LogP contribution < -0.4 is 10.6 Å². The molecule has 1 heterocycles. The fraction of sp³-hybridized carbons (Fsp3) is 0.533. The Kier molecular flexibility index (Phi) is 4.37. The van der Waals surface area contributed by atoms with Gasteiger partial charge in [-0.05, 0) is 50.8 Å². The molecule has 3 nitrogen and oxygen atoms in total. The van der Waals surface area contributed by atoms with Gasteiger partial charge in [-0.25, -0.2) is 0 Å². The zero-order chi connectivity index (χ0) is 13.0. The van der Waals surface area contributed by atoms with E-state index >= 15 is 0 Å². The van der Waals surface area contributed by atoms with Crippen molar-refractivity contribution in [1.82, 2.24) is 10.6 Å². The highest BCUT2D eigenvalue weighted by Crippen LogP contribution is 2.13. The lowest BCUT2D eigenvalue weighted by Crippen LogP contribution is -2.31. The summed E-state index contributed by atoms with van der Waals surface area (Å²) in [6.45, 7) is 5.85. The second kappa shape index (κ2) is 6.01. The monoisotopic (exact) mass is 246 g/mol. The third-order valence-corrected chi connectivity index (χ3v) is 3.65. The lowest BCUT2D eigenvalue weighted by Gasteiger charge is -2.13. The standard InChI is InChI=1S/C15H22N2O/c1-11-5-3-6-12(2)14(11)15(18)17-10-8-13-7-4-9-16-13/h3,5-6,13,16H,4,7-10H2,1-2H3,(H,17,18)/t13-/m1/s1. The van der Waals surface area contributed by atoms with Gasteiger partial charge in [0, 0.05) is 18.2 Å². The number of rotatable bonds is 4. The molecule has 0 saturated carbocycles. The van der Waals surface area contributed by atoms with Crippen LogP contribution in [0.4, 0.5) is 0 Å². The molecule has 18 heavy (non-hydrogen) atoms. The Morgan fingerprint density at radius 2 is 2.11 bits per heavy atom. The van der Waals surface area contributed by atoms with Crippen LogP contribution in [0.1, 0.15) is 40.7 Å². The molecule has 3 heteroatoms. The Labute approximate surface area is 109 Å². The van der Waals surface area contributed by atoms with Crippen molar-refractivity contribution in [2.45, 2.75) is 39.2 Å². The first-order valence-electron chi connectivity index (χ1n) is 6.76. The number of aryl methyl sites for hydroxylation is 2. The predicted molar refractivity (Wildman–Crippen MR) is 73.9 cm³/mol. The van der Waals surface area contributed by atoms with Crippen LogP contribution in [0.15, 0.2) is 18.2 Å². The minimum absolute atomic E-state index is 0.0589. The molecule has 1 atom stereocenters. The van der Waals surface area contributed by atoms with Gasteiger partial charge in [-0.3, -0.25) is 4.79 Å². The fourth-order valence-electron chi connectivity index (χ4n) is 2.62. The van der Waals surface area contributed by atoms with Crippen molar-refractivity contribution in [2.24, 2.45) is 0 Å². The molecular weight excluding hydrogens is 224 g/mol. The molecule has 1 fully saturated rings. The van der Waals surface area contributed by atoms with E-state index in [1.807, 2.05) is 32.0 Å². The second-order valence-corrected chi connectivity index (χ2v) is 5.10. The van der Waals surface area contributed by atoms with E-state index in [1.165, 1.54) is 12.8 Å². The first-order chi connectivity index (χ1) is 8.68. The van der Waals surface area contributed by atoms with Crippen molar-refractivity contribution < 1.29 is 4.79 Å². The number of carbonyl (C=O) groups excluding carboxylic acids is 1. The first-order valence-corrected chi connectivity index (χ1v) is 6.76. The molecule has 1 aromatic carbocycles. The van der Waals surface area contributed by atoms with Crippen molar-refractivity contribution in [3.05, 3.63) is 34.9 Å². The molecule has 0 spiro atoms. The number of nitrogens with one attached hydrogen (secondary N) is 2. The van der Waals surface area contributed by atoms with E-state index in [1.54, 1.807) is 0 Å². The third-order valence-electron chi connectivity index (χ3n) is 3.65. The van der Waals surface area contributed by atoms with E-state index in [9.17, 15) is 4.79 Å². The molecule has 2 rings (SSSR count). The van der Waals surface area contributed by atoms with Gasteiger partial charge in [-0.15, -0.1) is 0 Å². The summed E-state index contributed by atoms with van der Waals surface area (Å²) >= 11 is 0. The average molecular weight is 246 g/mol. The van der Waals surface area contributed by atoms with Crippen LogP contribution in [0, 0.1) is 13.8 Å². The number of amides is 1. The molecule has 1 aromatic rings. The van der Waals surface area contributed by atoms with Crippen LogP contribution in [0.3, 0.4) is 0 Å². The molecule has 1 amide bonds. The summed E-state index contributed by atoms with van der Waals surface area (Å²) in [6.07, 6.45) is 3.52. The number of hydrogen-bond donors (Lipinski definition) is 2. The molecule has 0 unspecified atom stereocenters. The molecule has 2 N–H and O–H groups in total. The highest BCUT2D eigenvalue weighted by molar-refractivity contribution is 5.97. The molecule has 1 aliphatic rings. The maximum atomic E-state index is 12.1. The Bertz CT molecular complexity index is 402. The molecule has 0 radical (unpaired) electrons. The van der Waals surface area contributed by atoms with Crippen molar-refractivity contribution in [3.8, 4) is 0 Å². The van der Waals surface area contributed by atoms with Gasteiger partial charge < -0.3 is 10.6 Å². The Balaban J connectivity index is 1.87. The smallest absolute Gasteiger partial charge is 0.251 e. The number of hydrogen-bond acceptors (Lipinski definition) is 2. The van der Waals surface area contributed by atoms with Crippen LogP contribution in [0.25, 0.3) is 0 Å². The van der Waals surface area contributed by atoms with Crippen LogP contribution in [-0.4, -0.2) is 25.0 Å². The van der Waals surface area contributed by atoms with E-state index in [-0.39, 0.29) is 5.91 Å². The Morgan fingerprint density at radius 1 is 1.39 bits per heavy atom. The van der Waals surface area contributed by atoms with E-state index in [4.69, 9.17) is 0 Å². The van der Waals surface area contributed by atoms with Gasteiger partial charge >= 0.3 is 0 Å². The second-order valence-electron chi connectivity index (χ2n) is 5.10. The summed E-state index contributed by atoms with van der Waals surface area (Å²) in [7, 11) is 0. The van der Waals surface area contributed by atoms with Crippen molar-refractivity contribution >= 4 is 5.91 Å². The molecule has 98 valence electrons. The van der Waals surface area contributed by atoms with E-state index < -0.39 is 0 Å². The van der Waals surface area contributed by atoms with Crippen LogP contribution in [-0.2, 0) is 0 Å². The van der Waals surface area contributed by atoms with Gasteiger partial charge in [-0.2, -0.15) is 0 Å². The zero-order valence-electron chi connectivity index (χ0n) is 11.3. The van der Waals surface area contributed by atoms with E-state index in [0.717, 1.165) is 36.2 Å². The Hall–Kier alpha value is -1.35. The summed E-state index contributed by atoms with van der Waals surface area (Å²) in [5, 5.41) is 6.47. The number of carbonyl (C=O) groups is 1. The summed E-state index contributed by atoms with van der Waals surface area (Å²) in [5.74, 6) is 0.0589. The molecule has 0 aliphatic carbocycles. The van der Waals surface area contributed by atoms with E-state index in [0.29, 0.717) is 6.04 Å². The third kappa shape index (κ3) is 3.10. The zero-order valence-corrected chi connectivity index (χ0v) is 11.3. The molecular formula is C15H22N2O. The lowest BCUT2D eigenvalue weighted by atomic mass is 10.0. The van der Waals surface area contributed by atoms with Crippen molar-refractivity contribution in [3.63, 3.8) is 0 Å². The van der Waals surface area contributed by atoms with Crippen LogP contribution >= 0.6 is 0 Å². The lowest BCUT2D eigenvalue weighted by molar-refractivity contribution is 0.0951. The normalized spacial score (nSPS) is 18.9. The SMILES string of the molecule is Cc1cccc(C)c1C(=O)NCC[C@H]1CCCN1. The van der Waals surface area contributed by atoms with Crippen molar-refractivity contribution in [1.29, 1.82) is 0 Å². The first kappa shape index (κ1) is 13.1. The topological polar surface area (TPSA) is 41.1 Å². The summed E-state index contributed by atoms with van der Waals surface area (Å²) in [4.78, 5) is 12.1. The van der Waals surface area contributed by atoms with Gasteiger partial charge in [0.15, 0.2) is 0 Å². The minimum atomic E-state index is 0.0589. The molecule has 0 aromatic heterocycles. The Morgan fingerprint density at radius 3 is 2.72 bits per heavy atom. The highest BCUT2D eigenvalue weighted by Gasteiger charge is 2.15. The fourth-order valence-corrected chi connectivity index (χ4v) is 2.62. The van der Waals surface area contributed by atoms with Crippen LogP contribution in [0.2, 0.25) is 0 Å². The largest absolute Gasteiger partial charge is 0.352 e. The summed E-state index contributed by atoms with van der Waals surface area (Å²) in [5.41, 5.74) is 2.93. The highest BCUT2D eigenvalue weighted by atomic mass is 16.1. The van der Waals surface area contributed by atoms with Gasteiger partial charge in [0.1, 0.15) is 0 Å². The van der Waals surface area contributed by atoms with E-state index in [2.05, 4.69) is 10.6 Å². The quantitative estimate of drug-likeness (QED) is 0.855. The predicted octanol–water partition coefficient (Wildman–Crippen LogP) is 2.18. The summed E-state index contributed by atoms with van der Waals surface area (Å²) < 4.78 is 0. The van der Waals surface area contributed by atoms with Crippen molar-refractivity contribution in [2.75, 3.05) is 13.1 Å². The molecule has 1 aliphatic heterocycles. The average Bonchev–Trinajstić information content (AvgIpc) is 2.82. The molecule has 0 bridgehead atoms. The summed E-state index contributed by atoms with van der Waals surface area (Å²) in [6, 6.07) is 6.55. The maximum Gasteiger partial charge on any atom is 0.251 e. The molecule has 1 saturated heterocycles. The number of benzene rings is 1. The minimum Gasteiger partial charge on any atom is -0.352 e. The maximum absolute atomic E-state index is 12.1. The van der Waals surface area contributed by atoms with Gasteiger partial charge in [0.05, 0.1) is 0 Å². The van der Waals surface area contributed by atoms with Gasteiger partial charge in [0.25, 0.3) is 5.91 Å². The van der Waals surface area contributed by atoms with Gasteiger partial charge in [-0.1, -0.05) is 18.2 Å². The van der Waals surface area contributed by atoms with Gasteiger partial charge in [0.2, 0.25) is 0 Å².